The number of likely N-dealkylation sites (N-methyl/N-ethyl adjacent to an activating group) is 1. The summed E-state index contributed by atoms with van der Waals surface area (Å²) in [6.45, 7) is 0.134. The highest BCUT2D eigenvalue weighted by atomic mass is 32.2. The highest BCUT2D eigenvalue weighted by Crippen LogP contribution is 2.17. The monoisotopic (exact) mass is 402 g/mol. The van der Waals surface area contributed by atoms with Crippen LogP contribution in [0.15, 0.2) is 54.6 Å². The molecule has 8 heteroatoms. The Hall–Kier alpha value is -2.71. The van der Waals surface area contributed by atoms with Crippen LogP contribution >= 0.6 is 0 Å². The van der Waals surface area contributed by atoms with Crippen LogP contribution in [0.4, 0.5) is 11.4 Å². The first-order valence-electron chi connectivity index (χ1n) is 9.12. The van der Waals surface area contributed by atoms with Gasteiger partial charge in [-0.2, -0.15) is 0 Å². The number of nitrogens with one attached hydrogen (secondary N) is 3. The quantitative estimate of drug-likeness (QED) is 0.659. The third kappa shape index (κ3) is 5.17. The summed E-state index contributed by atoms with van der Waals surface area (Å²) in [5.74, 6) is -0.284. The molecule has 1 saturated heterocycles. The van der Waals surface area contributed by atoms with Crippen LogP contribution in [0.25, 0.3) is 0 Å². The SMILES string of the molecule is C[NH+](CC(=O)Nc1ccccc1C(=O)Nc1ccccc1)[C@@H]1CCS(=O)(=O)C1. The number of sulfone groups is 1. The van der Waals surface area contributed by atoms with E-state index in [1.54, 1.807) is 36.4 Å². The molecule has 1 heterocycles. The van der Waals surface area contributed by atoms with Crippen molar-refractivity contribution in [2.24, 2.45) is 0 Å². The Bertz CT molecular complexity index is 960. The van der Waals surface area contributed by atoms with Gasteiger partial charge in [-0.15, -0.1) is 0 Å². The molecule has 1 aliphatic heterocycles. The van der Waals surface area contributed by atoms with Crippen molar-refractivity contribution in [3.8, 4) is 0 Å². The summed E-state index contributed by atoms with van der Waals surface area (Å²) in [5, 5.41) is 5.59. The summed E-state index contributed by atoms with van der Waals surface area (Å²) >= 11 is 0. The average Bonchev–Trinajstić information content (AvgIpc) is 3.03. The molecule has 2 aromatic carbocycles. The molecule has 1 unspecified atom stereocenters. The van der Waals surface area contributed by atoms with E-state index in [0.717, 1.165) is 4.90 Å². The van der Waals surface area contributed by atoms with Gasteiger partial charge in [-0.1, -0.05) is 30.3 Å². The number of hydrogen-bond donors (Lipinski definition) is 3. The molecule has 2 atom stereocenters. The molecule has 3 rings (SSSR count). The second kappa shape index (κ2) is 8.53. The number of para-hydroxylation sites is 2. The normalized spacial score (nSPS) is 19.0. The molecule has 0 aromatic heterocycles. The Morgan fingerprint density at radius 2 is 1.71 bits per heavy atom. The minimum atomic E-state index is -2.99. The van der Waals surface area contributed by atoms with Gasteiger partial charge in [0.1, 0.15) is 11.8 Å². The molecule has 2 amide bonds. The van der Waals surface area contributed by atoms with E-state index < -0.39 is 9.84 Å². The Balaban J connectivity index is 1.64. The van der Waals surface area contributed by atoms with Crippen LogP contribution in [0.5, 0.6) is 0 Å². The molecule has 0 spiro atoms. The van der Waals surface area contributed by atoms with Gasteiger partial charge < -0.3 is 15.5 Å². The Morgan fingerprint density at radius 1 is 1.04 bits per heavy atom. The number of amides is 2. The molecular formula is C20H24N3O4S+. The zero-order valence-electron chi connectivity index (χ0n) is 15.6. The number of quaternary nitrogens is 1. The maximum Gasteiger partial charge on any atom is 0.279 e. The average molecular weight is 402 g/mol. The van der Waals surface area contributed by atoms with Gasteiger partial charge in [0.05, 0.1) is 24.1 Å². The van der Waals surface area contributed by atoms with Gasteiger partial charge in [0.15, 0.2) is 16.4 Å². The number of anilines is 2. The second-order valence-corrected chi connectivity index (χ2v) is 9.27. The van der Waals surface area contributed by atoms with E-state index in [0.29, 0.717) is 23.4 Å². The van der Waals surface area contributed by atoms with Crippen LogP contribution in [-0.2, 0) is 14.6 Å². The van der Waals surface area contributed by atoms with E-state index in [9.17, 15) is 18.0 Å². The van der Waals surface area contributed by atoms with Gasteiger partial charge in [0, 0.05) is 12.1 Å². The standard InChI is InChI=1S/C20H23N3O4S/c1-23(16-11-12-28(26,27)14-16)13-19(24)22-18-10-6-5-9-17(18)20(25)21-15-7-3-2-4-8-15/h2-10,16H,11-14H2,1H3,(H,21,25)(H,22,24)/p+1/t16-/m1/s1. The molecule has 2 aromatic rings. The van der Waals surface area contributed by atoms with Crippen LogP contribution in [0.2, 0.25) is 0 Å². The van der Waals surface area contributed by atoms with Gasteiger partial charge in [-0.3, -0.25) is 9.59 Å². The lowest BCUT2D eigenvalue weighted by Crippen LogP contribution is -3.14. The van der Waals surface area contributed by atoms with Crippen molar-refractivity contribution in [3.63, 3.8) is 0 Å². The summed E-state index contributed by atoms with van der Waals surface area (Å²) in [6, 6.07) is 15.8. The number of benzene rings is 2. The minimum Gasteiger partial charge on any atom is -0.326 e. The topological polar surface area (TPSA) is 96.8 Å². The third-order valence-corrected chi connectivity index (χ3v) is 6.61. The van der Waals surface area contributed by atoms with Crippen LogP contribution in [-0.4, -0.2) is 51.4 Å². The van der Waals surface area contributed by atoms with E-state index in [-0.39, 0.29) is 35.9 Å². The fourth-order valence-corrected chi connectivity index (χ4v) is 5.16. The highest BCUT2D eigenvalue weighted by Gasteiger charge is 2.34. The molecule has 28 heavy (non-hydrogen) atoms. The molecule has 1 fully saturated rings. The van der Waals surface area contributed by atoms with E-state index in [4.69, 9.17) is 0 Å². The third-order valence-electron chi connectivity index (χ3n) is 4.85. The fraction of sp³-hybridized carbons (Fsp3) is 0.300. The van der Waals surface area contributed by atoms with Crippen LogP contribution in [0, 0.1) is 0 Å². The lowest BCUT2D eigenvalue weighted by atomic mass is 10.1. The van der Waals surface area contributed by atoms with E-state index in [1.807, 2.05) is 25.2 Å². The van der Waals surface area contributed by atoms with Gasteiger partial charge in [0.2, 0.25) is 0 Å². The first-order chi connectivity index (χ1) is 13.3. The van der Waals surface area contributed by atoms with Gasteiger partial charge in [0.25, 0.3) is 11.8 Å². The summed E-state index contributed by atoms with van der Waals surface area (Å²) in [4.78, 5) is 25.9. The molecule has 0 saturated carbocycles. The molecule has 7 nitrogen and oxygen atoms in total. The zero-order chi connectivity index (χ0) is 20.1. The van der Waals surface area contributed by atoms with Gasteiger partial charge in [-0.25, -0.2) is 8.42 Å². The van der Waals surface area contributed by atoms with Crippen molar-refractivity contribution in [1.29, 1.82) is 0 Å². The molecule has 0 aliphatic carbocycles. The predicted molar refractivity (Wildman–Crippen MR) is 108 cm³/mol. The van der Waals surface area contributed by atoms with Crippen LogP contribution in [0.1, 0.15) is 16.8 Å². The molecule has 1 aliphatic rings. The fourth-order valence-electron chi connectivity index (χ4n) is 3.29. The first-order valence-corrected chi connectivity index (χ1v) is 10.9. The van der Waals surface area contributed by atoms with Crippen molar-refractivity contribution in [2.75, 3.05) is 35.7 Å². The Labute approximate surface area is 164 Å². The summed E-state index contributed by atoms with van der Waals surface area (Å²) < 4.78 is 23.3. The lowest BCUT2D eigenvalue weighted by Gasteiger charge is -2.20. The predicted octanol–water partition coefficient (Wildman–Crippen LogP) is 0.579. The van der Waals surface area contributed by atoms with Crippen molar-refractivity contribution in [2.45, 2.75) is 12.5 Å². The summed E-state index contributed by atoms with van der Waals surface area (Å²) in [5.41, 5.74) is 1.45. The molecule has 3 N–H and O–H groups in total. The van der Waals surface area contributed by atoms with Crippen molar-refractivity contribution < 1.29 is 22.9 Å². The zero-order valence-corrected chi connectivity index (χ0v) is 16.5. The Morgan fingerprint density at radius 3 is 2.39 bits per heavy atom. The maximum atomic E-state index is 12.6. The molecule has 0 bridgehead atoms. The summed E-state index contributed by atoms with van der Waals surface area (Å²) in [7, 11) is -1.17. The number of rotatable bonds is 6. The summed E-state index contributed by atoms with van der Waals surface area (Å²) in [6.07, 6.45) is 0.567. The molecular weight excluding hydrogens is 378 g/mol. The van der Waals surface area contributed by atoms with Gasteiger partial charge >= 0.3 is 0 Å². The number of hydrogen-bond acceptors (Lipinski definition) is 4. The van der Waals surface area contributed by atoms with E-state index in [1.165, 1.54) is 0 Å². The number of carbonyl (C=O) groups excluding carboxylic acids is 2. The van der Waals surface area contributed by atoms with Crippen LogP contribution < -0.4 is 15.5 Å². The van der Waals surface area contributed by atoms with Crippen molar-refractivity contribution >= 4 is 33.0 Å². The van der Waals surface area contributed by atoms with Crippen molar-refractivity contribution in [3.05, 3.63) is 60.2 Å². The maximum absolute atomic E-state index is 12.6. The first kappa shape index (κ1) is 20.0. The van der Waals surface area contributed by atoms with E-state index in [2.05, 4.69) is 10.6 Å². The van der Waals surface area contributed by atoms with E-state index >= 15 is 0 Å². The lowest BCUT2D eigenvalue weighted by molar-refractivity contribution is -0.894. The van der Waals surface area contributed by atoms with Crippen molar-refractivity contribution in [1.82, 2.24) is 0 Å². The number of carbonyl (C=O) groups is 2. The minimum absolute atomic E-state index is 0.0765. The van der Waals surface area contributed by atoms with Crippen LogP contribution in [0.3, 0.4) is 0 Å². The second-order valence-electron chi connectivity index (χ2n) is 7.04. The Kier molecular flexibility index (Phi) is 6.11. The largest absolute Gasteiger partial charge is 0.326 e. The molecule has 148 valence electrons. The smallest absolute Gasteiger partial charge is 0.279 e. The van der Waals surface area contributed by atoms with Gasteiger partial charge in [-0.05, 0) is 24.3 Å². The molecule has 0 radical (unpaired) electrons. The highest BCUT2D eigenvalue weighted by molar-refractivity contribution is 7.91.